The van der Waals surface area contributed by atoms with E-state index in [2.05, 4.69) is 23.6 Å². The molecule has 2 aliphatic heterocycles. The zero-order chi connectivity index (χ0) is 14.5. The van der Waals surface area contributed by atoms with Crippen molar-refractivity contribution in [2.75, 3.05) is 26.2 Å². The van der Waals surface area contributed by atoms with Crippen LogP contribution in [0.3, 0.4) is 0 Å². The van der Waals surface area contributed by atoms with Crippen molar-refractivity contribution in [2.45, 2.75) is 64.5 Å². The fraction of sp³-hybridized carbons (Fsp3) is 0.938. The second kappa shape index (κ2) is 7.41. The Morgan fingerprint density at radius 2 is 1.90 bits per heavy atom. The van der Waals surface area contributed by atoms with Crippen molar-refractivity contribution in [3.63, 3.8) is 0 Å². The first-order chi connectivity index (χ1) is 9.56. The molecular formula is C16H30N2O2. The Hall–Kier alpha value is -0.610. The van der Waals surface area contributed by atoms with Gasteiger partial charge < -0.3 is 14.9 Å². The third kappa shape index (κ3) is 4.45. The Bertz CT molecular complexity index is 320. The number of hydrogen-bond acceptors (Lipinski definition) is 3. The van der Waals surface area contributed by atoms with Crippen LogP contribution in [0.2, 0.25) is 0 Å². The Morgan fingerprint density at radius 3 is 2.60 bits per heavy atom. The summed E-state index contributed by atoms with van der Waals surface area (Å²) in [4.78, 5) is 16.1. The van der Waals surface area contributed by atoms with Gasteiger partial charge in [0.05, 0.1) is 0 Å². The number of likely N-dealkylation sites (tertiary alicyclic amines) is 2. The molecule has 0 aliphatic carbocycles. The van der Waals surface area contributed by atoms with Gasteiger partial charge >= 0.3 is 5.97 Å². The highest BCUT2D eigenvalue weighted by Gasteiger charge is 2.28. The summed E-state index contributed by atoms with van der Waals surface area (Å²) in [7, 11) is 0. The molecule has 2 rings (SSSR count). The Balaban J connectivity index is 1.85. The number of nitrogens with zero attached hydrogens (tertiary/aromatic N) is 2. The number of rotatable bonds is 4. The second-order valence-corrected chi connectivity index (χ2v) is 6.82. The summed E-state index contributed by atoms with van der Waals surface area (Å²) >= 11 is 0. The molecule has 2 aliphatic rings. The number of aliphatic carboxylic acids is 1. The fourth-order valence-electron chi connectivity index (χ4n) is 3.83. The van der Waals surface area contributed by atoms with Crippen molar-refractivity contribution in [1.29, 1.82) is 0 Å². The molecule has 2 heterocycles. The molecule has 1 N–H and O–H groups in total. The van der Waals surface area contributed by atoms with Gasteiger partial charge in [-0.3, -0.25) is 4.79 Å². The van der Waals surface area contributed by atoms with Crippen molar-refractivity contribution >= 4 is 5.97 Å². The van der Waals surface area contributed by atoms with Crippen LogP contribution in [0.4, 0.5) is 0 Å². The zero-order valence-electron chi connectivity index (χ0n) is 13.1. The van der Waals surface area contributed by atoms with E-state index in [0.29, 0.717) is 24.4 Å². The Morgan fingerprint density at radius 1 is 1.15 bits per heavy atom. The van der Waals surface area contributed by atoms with Gasteiger partial charge in [-0.1, -0.05) is 0 Å². The molecule has 116 valence electrons. The quantitative estimate of drug-likeness (QED) is 0.860. The molecular weight excluding hydrogens is 252 g/mol. The van der Waals surface area contributed by atoms with E-state index in [-0.39, 0.29) is 0 Å². The third-order valence-electron chi connectivity index (χ3n) is 4.99. The largest absolute Gasteiger partial charge is 0.481 e. The average molecular weight is 282 g/mol. The smallest absolute Gasteiger partial charge is 0.303 e. The van der Waals surface area contributed by atoms with Crippen molar-refractivity contribution in [1.82, 2.24) is 9.80 Å². The SMILES string of the molecule is CC(C)N1CCCC(N2CCCC(CC(=O)O)C2)CC1. The summed E-state index contributed by atoms with van der Waals surface area (Å²) in [6.45, 7) is 9.15. The maximum atomic E-state index is 10.9. The second-order valence-electron chi connectivity index (χ2n) is 6.82. The highest BCUT2D eigenvalue weighted by atomic mass is 16.4. The van der Waals surface area contributed by atoms with E-state index in [1.54, 1.807) is 0 Å². The molecule has 20 heavy (non-hydrogen) atoms. The highest BCUT2D eigenvalue weighted by Crippen LogP contribution is 2.26. The molecule has 0 aromatic carbocycles. The molecule has 4 heteroatoms. The summed E-state index contributed by atoms with van der Waals surface area (Å²) in [6.07, 6.45) is 6.42. The van der Waals surface area contributed by atoms with E-state index >= 15 is 0 Å². The lowest BCUT2D eigenvalue weighted by atomic mass is 9.92. The van der Waals surface area contributed by atoms with E-state index in [1.807, 2.05) is 0 Å². The van der Waals surface area contributed by atoms with Crippen LogP contribution >= 0.6 is 0 Å². The predicted octanol–water partition coefficient (Wildman–Crippen LogP) is 2.44. The summed E-state index contributed by atoms with van der Waals surface area (Å²) in [5.74, 6) is -0.269. The Kier molecular flexibility index (Phi) is 5.85. The molecule has 4 nitrogen and oxygen atoms in total. The minimum absolute atomic E-state index is 0.349. The van der Waals surface area contributed by atoms with Gasteiger partial charge in [0, 0.05) is 25.0 Å². The minimum Gasteiger partial charge on any atom is -0.481 e. The van der Waals surface area contributed by atoms with Crippen molar-refractivity contribution in [3.05, 3.63) is 0 Å². The van der Waals surface area contributed by atoms with Gasteiger partial charge in [-0.2, -0.15) is 0 Å². The van der Waals surface area contributed by atoms with Crippen LogP contribution in [0.5, 0.6) is 0 Å². The molecule has 2 fully saturated rings. The van der Waals surface area contributed by atoms with E-state index in [0.717, 1.165) is 13.0 Å². The van der Waals surface area contributed by atoms with Gasteiger partial charge in [-0.15, -0.1) is 0 Å². The van der Waals surface area contributed by atoms with Crippen LogP contribution in [-0.2, 0) is 4.79 Å². The average Bonchev–Trinajstić information content (AvgIpc) is 2.64. The first-order valence-corrected chi connectivity index (χ1v) is 8.26. The van der Waals surface area contributed by atoms with Crippen LogP contribution in [0.25, 0.3) is 0 Å². The van der Waals surface area contributed by atoms with Crippen LogP contribution in [0.1, 0.15) is 52.4 Å². The zero-order valence-corrected chi connectivity index (χ0v) is 13.1. The number of hydrogen-bond donors (Lipinski definition) is 1. The number of carboxylic acid groups (broad SMARTS) is 1. The molecule has 2 unspecified atom stereocenters. The van der Waals surface area contributed by atoms with E-state index in [4.69, 9.17) is 5.11 Å². The van der Waals surface area contributed by atoms with Gasteiger partial charge in [0.1, 0.15) is 0 Å². The van der Waals surface area contributed by atoms with Gasteiger partial charge in [-0.25, -0.2) is 0 Å². The maximum absolute atomic E-state index is 10.9. The maximum Gasteiger partial charge on any atom is 0.303 e. The lowest BCUT2D eigenvalue weighted by Crippen LogP contribution is -2.43. The van der Waals surface area contributed by atoms with E-state index in [9.17, 15) is 4.79 Å². The van der Waals surface area contributed by atoms with Crippen LogP contribution in [0, 0.1) is 5.92 Å². The number of carboxylic acids is 1. The Labute approximate surface area is 123 Å². The van der Waals surface area contributed by atoms with Gasteiger partial charge in [-0.05, 0) is 71.5 Å². The molecule has 2 saturated heterocycles. The van der Waals surface area contributed by atoms with Crippen LogP contribution in [-0.4, -0.2) is 59.1 Å². The lowest BCUT2D eigenvalue weighted by Gasteiger charge is -2.38. The summed E-state index contributed by atoms with van der Waals surface area (Å²) in [5, 5.41) is 8.98. The molecule has 0 amide bonds. The van der Waals surface area contributed by atoms with Gasteiger partial charge in [0.2, 0.25) is 0 Å². The lowest BCUT2D eigenvalue weighted by molar-refractivity contribution is -0.138. The molecule has 0 aromatic heterocycles. The molecule has 0 radical (unpaired) electrons. The van der Waals surface area contributed by atoms with Gasteiger partial charge in [0.25, 0.3) is 0 Å². The molecule has 0 aromatic rings. The normalized spacial score (nSPS) is 30.4. The summed E-state index contributed by atoms with van der Waals surface area (Å²) in [5.41, 5.74) is 0. The molecule has 0 bridgehead atoms. The summed E-state index contributed by atoms with van der Waals surface area (Å²) in [6, 6.07) is 1.32. The molecule has 0 saturated carbocycles. The van der Waals surface area contributed by atoms with Crippen molar-refractivity contribution in [3.8, 4) is 0 Å². The number of piperidine rings is 1. The predicted molar refractivity (Wildman–Crippen MR) is 80.9 cm³/mol. The van der Waals surface area contributed by atoms with Crippen molar-refractivity contribution in [2.24, 2.45) is 5.92 Å². The van der Waals surface area contributed by atoms with E-state index < -0.39 is 5.97 Å². The summed E-state index contributed by atoms with van der Waals surface area (Å²) < 4.78 is 0. The van der Waals surface area contributed by atoms with Crippen LogP contribution in [0.15, 0.2) is 0 Å². The highest BCUT2D eigenvalue weighted by molar-refractivity contribution is 5.67. The molecule has 0 spiro atoms. The molecule has 2 atom stereocenters. The van der Waals surface area contributed by atoms with Crippen LogP contribution < -0.4 is 0 Å². The van der Waals surface area contributed by atoms with Gasteiger partial charge in [0.15, 0.2) is 0 Å². The standard InChI is InChI=1S/C16H30N2O2/c1-13(2)17-8-4-6-15(7-10-17)18-9-3-5-14(12-18)11-16(19)20/h13-15H,3-12H2,1-2H3,(H,19,20). The topological polar surface area (TPSA) is 43.8 Å². The first kappa shape index (κ1) is 15.8. The van der Waals surface area contributed by atoms with Crippen molar-refractivity contribution < 1.29 is 9.90 Å². The number of carbonyl (C=O) groups is 1. The minimum atomic E-state index is -0.635. The first-order valence-electron chi connectivity index (χ1n) is 8.26. The monoisotopic (exact) mass is 282 g/mol. The fourth-order valence-corrected chi connectivity index (χ4v) is 3.83. The van der Waals surface area contributed by atoms with E-state index in [1.165, 1.54) is 45.3 Å². The third-order valence-corrected chi connectivity index (χ3v) is 4.99.